The minimum Gasteiger partial charge on any atom is -0.465 e. The molecule has 0 unspecified atom stereocenters. The van der Waals surface area contributed by atoms with Crippen molar-refractivity contribution in [3.8, 4) is 0 Å². The molecule has 120 valence electrons. The lowest BCUT2D eigenvalue weighted by Crippen LogP contribution is -2.26. The van der Waals surface area contributed by atoms with E-state index in [1.165, 1.54) is 25.2 Å². The first kappa shape index (κ1) is 16.7. The topological polar surface area (TPSA) is 84.7 Å². The summed E-state index contributed by atoms with van der Waals surface area (Å²) in [4.78, 5) is -0.1000. The highest BCUT2D eigenvalue weighted by Gasteiger charge is 2.23. The van der Waals surface area contributed by atoms with Crippen molar-refractivity contribution in [1.82, 2.24) is 4.31 Å². The Labute approximate surface area is 130 Å². The summed E-state index contributed by atoms with van der Waals surface area (Å²) in [6.07, 6.45) is 1.04. The van der Waals surface area contributed by atoms with Crippen LogP contribution in [0.25, 0.3) is 0 Å². The quantitative estimate of drug-likeness (QED) is 0.826. The molecule has 0 aliphatic carbocycles. The fourth-order valence-corrected chi connectivity index (χ4v) is 3.84. The molecule has 0 radical (unpaired) electrons. The molecule has 0 saturated carbocycles. The SMILES string of the molecule is Cc1ccc(CN(C)S(=O)(=O)c2cccc(S(C)(=O)=O)c2)o1. The molecule has 0 spiro atoms. The molecule has 0 saturated heterocycles. The number of sulfonamides is 1. The molecule has 1 aromatic heterocycles. The summed E-state index contributed by atoms with van der Waals surface area (Å²) < 4.78 is 54.6. The van der Waals surface area contributed by atoms with Crippen molar-refractivity contribution in [2.24, 2.45) is 0 Å². The van der Waals surface area contributed by atoms with Gasteiger partial charge < -0.3 is 4.42 Å². The van der Waals surface area contributed by atoms with Crippen LogP contribution in [0.1, 0.15) is 11.5 Å². The third-order valence-corrected chi connectivity index (χ3v) is 6.03. The Bertz CT molecular complexity index is 881. The van der Waals surface area contributed by atoms with Crippen LogP contribution >= 0.6 is 0 Å². The van der Waals surface area contributed by atoms with Gasteiger partial charge in [-0.3, -0.25) is 0 Å². The van der Waals surface area contributed by atoms with E-state index in [4.69, 9.17) is 4.42 Å². The highest BCUT2D eigenvalue weighted by atomic mass is 32.2. The summed E-state index contributed by atoms with van der Waals surface area (Å²) in [5.74, 6) is 1.21. The summed E-state index contributed by atoms with van der Waals surface area (Å²) in [5, 5.41) is 0. The molecule has 0 amide bonds. The molecule has 22 heavy (non-hydrogen) atoms. The lowest BCUT2D eigenvalue weighted by atomic mass is 10.4. The Balaban J connectivity index is 2.33. The molecule has 0 fully saturated rings. The maximum absolute atomic E-state index is 12.5. The number of sulfone groups is 1. The second-order valence-electron chi connectivity index (χ2n) is 5.02. The number of aryl methyl sites for hydroxylation is 1. The van der Waals surface area contributed by atoms with Crippen molar-refractivity contribution in [2.75, 3.05) is 13.3 Å². The normalized spacial score (nSPS) is 12.7. The van der Waals surface area contributed by atoms with Gasteiger partial charge in [0.05, 0.1) is 16.3 Å². The molecule has 0 bridgehead atoms. The maximum Gasteiger partial charge on any atom is 0.243 e. The molecule has 0 N–H and O–H groups in total. The molecule has 8 heteroatoms. The van der Waals surface area contributed by atoms with E-state index in [2.05, 4.69) is 0 Å². The minimum atomic E-state index is -3.80. The summed E-state index contributed by atoms with van der Waals surface area (Å²) in [6.45, 7) is 1.84. The van der Waals surface area contributed by atoms with Crippen LogP contribution in [0, 0.1) is 6.92 Å². The van der Waals surface area contributed by atoms with Gasteiger partial charge in [0.15, 0.2) is 9.84 Å². The van der Waals surface area contributed by atoms with Gasteiger partial charge in [-0.15, -0.1) is 0 Å². The number of nitrogens with zero attached hydrogens (tertiary/aromatic N) is 1. The predicted molar refractivity (Wildman–Crippen MR) is 81.6 cm³/mol. The lowest BCUT2D eigenvalue weighted by Gasteiger charge is -2.16. The Morgan fingerprint density at radius 2 is 1.68 bits per heavy atom. The summed E-state index contributed by atoms with van der Waals surface area (Å²) >= 11 is 0. The van der Waals surface area contributed by atoms with E-state index in [0.29, 0.717) is 11.5 Å². The Morgan fingerprint density at radius 1 is 1.05 bits per heavy atom. The van der Waals surface area contributed by atoms with Crippen LogP contribution in [0.4, 0.5) is 0 Å². The van der Waals surface area contributed by atoms with Gasteiger partial charge in [-0.2, -0.15) is 4.31 Å². The first-order valence-electron chi connectivity index (χ1n) is 6.42. The van der Waals surface area contributed by atoms with E-state index < -0.39 is 19.9 Å². The largest absolute Gasteiger partial charge is 0.465 e. The van der Waals surface area contributed by atoms with E-state index >= 15 is 0 Å². The van der Waals surface area contributed by atoms with Gasteiger partial charge in [0.2, 0.25) is 10.0 Å². The number of hydrogen-bond donors (Lipinski definition) is 0. The molecular weight excluding hydrogens is 326 g/mol. The second kappa shape index (κ2) is 5.86. The average molecular weight is 343 g/mol. The first-order valence-corrected chi connectivity index (χ1v) is 9.75. The highest BCUT2D eigenvalue weighted by molar-refractivity contribution is 7.91. The highest BCUT2D eigenvalue weighted by Crippen LogP contribution is 2.20. The summed E-state index contributed by atoms with van der Waals surface area (Å²) in [6, 6.07) is 8.76. The molecule has 6 nitrogen and oxygen atoms in total. The van der Waals surface area contributed by atoms with E-state index in [-0.39, 0.29) is 16.3 Å². The second-order valence-corrected chi connectivity index (χ2v) is 9.08. The zero-order valence-electron chi connectivity index (χ0n) is 12.5. The zero-order valence-corrected chi connectivity index (χ0v) is 14.1. The predicted octanol–water partition coefficient (Wildman–Crippen LogP) is 1.81. The molecule has 2 rings (SSSR count). The smallest absolute Gasteiger partial charge is 0.243 e. The van der Waals surface area contributed by atoms with Gasteiger partial charge in [0.1, 0.15) is 11.5 Å². The molecule has 2 aromatic rings. The molecule has 0 aliphatic heterocycles. The van der Waals surface area contributed by atoms with Gasteiger partial charge in [0.25, 0.3) is 0 Å². The van der Waals surface area contributed by atoms with Crippen molar-refractivity contribution >= 4 is 19.9 Å². The van der Waals surface area contributed by atoms with Gasteiger partial charge in [-0.1, -0.05) is 6.07 Å². The van der Waals surface area contributed by atoms with E-state index in [9.17, 15) is 16.8 Å². The number of rotatable bonds is 5. The molecule has 1 aromatic carbocycles. The summed E-state index contributed by atoms with van der Waals surface area (Å²) in [7, 11) is -5.85. The number of furan rings is 1. The van der Waals surface area contributed by atoms with E-state index in [1.54, 1.807) is 19.1 Å². The number of hydrogen-bond acceptors (Lipinski definition) is 5. The van der Waals surface area contributed by atoms with Crippen LogP contribution in [0.5, 0.6) is 0 Å². The number of benzene rings is 1. The van der Waals surface area contributed by atoms with Crippen LogP contribution in [-0.2, 0) is 26.4 Å². The van der Waals surface area contributed by atoms with Crippen molar-refractivity contribution < 1.29 is 21.3 Å². The summed E-state index contributed by atoms with van der Waals surface area (Å²) in [5.41, 5.74) is 0. The first-order chi connectivity index (χ1) is 10.1. The molecule has 1 heterocycles. The Kier molecular flexibility index (Phi) is 4.46. The van der Waals surface area contributed by atoms with Crippen LogP contribution in [0.3, 0.4) is 0 Å². The van der Waals surface area contributed by atoms with Crippen molar-refractivity contribution in [2.45, 2.75) is 23.3 Å². The van der Waals surface area contributed by atoms with Crippen LogP contribution in [0.2, 0.25) is 0 Å². The molecular formula is C14H17NO5S2. The monoisotopic (exact) mass is 343 g/mol. The van der Waals surface area contributed by atoms with Gasteiger partial charge in [-0.05, 0) is 37.3 Å². The van der Waals surface area contributed by atoms with E-state index in [0.717, 1.165) is 16.6 Å². The molecule has 0 aliphatic rings. The fraction of sp³-hybridized carbons (Fsp3) is 0.286. The minimum absolute atomic E-state index is 0.0316. The zero-order chi connectivity index (χ0) is 16.5. The third-order valence-electron chi connectivity index (χ3n) is 3.12. The van der Waals surface area contributed by atoms with Crippen molar-refractivity contribution in [3.05, 3.63) is 47.9 Å². The van der Waals surface area contributed by atoms with Gasteiger partial charge in [-0.25, -0.2) is 16.8 Å². The van der Waals surface area contributed by atoms with Gasteiger partial charge >= 0.3 is 0 Å². The van der Waals surface area contributed by atoms with Crippen molar-refractivity contribution in [1.29, 1.82) is 0 Å². The Hall–Kier alpha value is -1.64. The standard InChI is InChI=1S/C14H17NO5S2/c1-11-7-8-12(20-11)10-15(2)22(18,19)14-6-4-5-13(9-14)21(3,16)17/h4-9H,10H2,1-3H3. The maximum atomic E-state index is 12.5. The Morgan fingerprint density at radius 3 is 2.23 bits per heavy atom. The van der Waals surface area contributed by atoms with Crippen molar-refractivity contribution in [3.63, 3.8) is 0 Å². The van der Waals surface area contributed by atoms with Crippen LogP contribution in [0.15, 0.2) is 50.6 Å². The lowest BCUT2D eigenvalue weighted by molar-refractivity contribution is 0.397. The third kappa shape index (κ3) is 3.57. The fourth-order valence-electron chi connectivity index (χ4n) is 1.92. The average Bonchev–Trinajstić information content (AvgIpc) is 2.83. The van der Waals surface area contributed by atoms with Crippen LogP contribution in [-0.4, -0.2) is 34.4 Å². The van der Waals surface area contributed by atoms with Crippen LogP contribution < -0.4 is 0 Å². The molecule has 0 atom stereocenters. The van der Waals surface area contributed by atoms with Gasteiger partial charge in [0, 0.05) is 13.3 Å². The van der Waals surface area contributed by atoms with E-state index in [1.807, 2.05) is 0 Å².